The average molecular weight is 480 g/mol. The van der Waals surface area contributed by atoms with Gasteiger partial charge >= 0.3 is 0 Å². The molecule has 0 saturated heterocycles. The lowest BCUT2D eigenvalue weighted by Crippen LogP contribution is -2.52. The molecule has 5 aliphatic rings. The Bertz CT molecular complexity index is 1190. The molecule has 11 atom stereocenters. The van der Waals surface area contributed by atoms with E-state index in [0.29, 0.717) is 40.6 Å². The number of ketones is 1. The van der Waals surface area contributed by atoms with Gasteiger partial charge in [-0.15, -0.1) is 5.10 Å². The number of halogens is 1. The fourth-order valence-corrected chi connectivity index (χ4v) is 10.4. The second kappa shape index (κ2) is 7.36. The lowest BCUT2D eigenvalue weighted by Gasteiger charge is -2.58. The van der Waals surface area contributed by atoms with Crippen LogP contribution in [0.2, 0.25) is 0 Å². The molecule has 5 saturated carbocycles. The Balaban J connectivity index is 1.16. The van der Waals surface area contributed by atoms with Crippen molar-refractivity contribution >= 4 is 16.8 Å². The number of fused-ring (bicyclic) bond motifs is 8. The summed E-state index contributed by atoms with van der Waals surface area (Å²) < 4.78 is 15.5. The van der Waals surface area contributed by atoms with Gasteiger partial charge in [-0.05, 0) is 117 Å². The molecule has 5 fully saturated rings. The Kier molecular flexibility index (Phi) is 4.71. The van der Waals surface area contributed by atoms with Crippen molar-refractivity contribution in [2.45, 2.75) is 77.9 Å². The molecule has 7 rings (SSSR count). The third kappa shape index (κ3) is 3.17. The summed E-state index contributed by atoms with van der Waals surface area (Å²) in [5.41, 5.74) is 0.825. The molecule has 5 aliphatic carbocycles. The summed E-state index contributed by atoms with van der Waals surface area (Å²) in [4.78, 5) is 13.9. The zero-order chi connectivity index (χ0) is 24.3. The second-order valence-electron chi connectivity index (χ2n) is 13.5. The van der Waals surface area contributed by atoms with Gasteiger partial charge in [0.2, 0.25) is 0 Å². The van der Waals surface area contributed by atoms with Crippen molar-refractivity contribution in [3.63, 3.8) is 0 Å². The number of hydrogen-bond acceptors (Lipinski definition) is 4. The number of rotatable bonds is 3. The van der Waals surface area contributed by atoms with Crippen molar-refractivity contribution in [1.82, 2.24) is 15.0 Å². The van der Waals surface area contributed by atoms with Gasteiger partial charge in [0.15, 0.2) is 5.78 Å². The minimum atomic E-state index is -0.480. The van der Waals surface area contributed by atoms with Gasteiger partial charge in [-0.3, -0.25) is 4.79 Å². The van der Waals surface area contributed by atoms with Crippen LogP contribution in [-0.2, 0) is 11.3 Å². The Labute approximate surface area is 206 Å². The molecule has 0 bridgehead atoms. The molecule has 1 heterocycles. The SMILES string of the molecule is C[C@H]1[C@@H]2[C@H]1[C@H](C(=O)Cn1nnc3ccc(F)cc31)[C@@]1(C)CC[C@H]3[C@@H](CC[C@@H]4C[C@](C)(O)CC[C@@H]43)[C@H]21. The zero-order valence-electron chi connectivity index (χ0n) is 21.2. The van der Waals surface area contributed by atoms with Crippen LogP contribution in [0.3, 0.4) is 0 Å². The Morgan fingerprint density at radius 3 is 2.74 bits per heavy atom. The lowest BCUT2D eigenvalue weighted by atomic mass is 9.47. The van der Waals surface area contributed by atoms with Crippen LogP contribution in [0.4, 0.5) is 4.39 Å². The summed E-state index contributed by atoms with van der Waals surface area (Å²) in [6, 6.07) is 4.46. The number of aliphatic hydroxyl groups is 1. The lowest BCUT2D eigenvalue weighted by molar-refractivity contribution is -0.137. The number of carbonyl (C=O) groups excluding carboxylic acids is 1. The molecule has 1 N–H and O–H groups in total. The topological polar surface area (TPSA) is 68.0 Å². The standard InChI is InChI=1S/C29H38FN3O2/c1-15-24-25(15)27(23(34)14-33-22-12-17(30)5-7-21(22)31-32-33)29(3)11-9-19-18-8-10-28(2,35)13-16(18)4-6-20(19)26(24)29/h5,7,12,15-16,18-20,24-27,35H,4,6,8-11,13-14H2,1-3H3/t15-,16+,18-,19+,20+,24+,25-,26+,27-,28+,29-/m0/s1. The van der Waals surface area contributed by atoms with Crippen LogP contribution < -0.4 is 0 Å². The molecule has 35 heavy (non-hydrogen) atoms. The number of nitrogens with zero attached hydrogens (tertiary/aromatic N) is 3. The molecule has 5 nitrogen and oxygen atoms in total. The normalized spacial score (nSPS) is 48.1. The molecule has 6 heteroatoms. The van der Waals surface area contributed by atoms with Crippen LogP contribution >= 0.6 is 0 Å². The summed E-state index contributed by atoms with van der Waals surface area (Å²) >= 11 is 0. The van der Waals surface area contributed by atoms with E-state index in [4.69, 9.17) is 0 Å². The van der Waals surface area contributed by atoms with Crippen molar-refractivity contribution in [1.29, 1.82) is 0 Å². The number of hydrogen-bond donors (Lipinski definition) is 1. The number of carbonyl (C=O) groups is 1. The molecular weight excluding hydrogens is 441 g/mol. The highest BCUT2D eigenvalue weighted by Crippen LogP contribution is 2.77. The van der Waals surface area contributed by atoms with Crippen LogP contribution in [0.5, 0.6) is 0 Å². The quantitative estimate of drug-likeness (QED) is 0.652. The van der Waals surface area contributed by atoms with E-state index in [2.05, 4.69) is 24.2 Å². The van der Waals surface area contributed by atoms with Crippen molar-refractivity contribution < 1.29 is 14.3 Å². The maximum Gasteiger partial charge on any atom is 0.158 e. The van der Waals surface area contributed by atoms with Crippen LogP contribution in [-0.4, -0.2) is 31.5 Å². The molecule has 0 amide bonds. The summed E-state index contributed by atoms with van der Waals surface area (Å²) in [6.07, 6.45) is 7.97. The van der Waals surface area contributed by atoms with Gasteiger partial charge < -0.3 is 5.11 Å². The first-order valence-corrected chi connectivity index (χ1v) is 13.9. The van der Waals surface area contributed by atoms with E-state index in [1.54, 1.807) is 10.7 Å². The first-order valence-electron chi connectivity index (χ1n) is 13.9. The van der Waals surface area contributed by atoms with Crippen LogP contribution in [0, 0.1) is 64.5 Å². The van der Waals surface area contributed by atoms with Crippen molar-refractivity contribution in [2.75, 3.05) is 0 Å². The van der Waals surface area contributed by atoms with Gasteiger partial charge in [-0.1, -0.05) is 19.1 Å². The molecule has 0 unspecified atom stereocenters. The highest BCUT2D eigenvalue weighted by Gasteiger charge is 2.74. The molecule has 0 spiro atoms. The van der Waals surface area contributed by atoms with E-state index in [1.165, 1.54) is 37.8 Å². The maximum absolute atomic E-state index is 13.9. The minimum Gasteiger partial charge on any atom is -0.390 e. The van der Waals surface area contributed by atoms with Crippen molar-refractivity contribution in [3.8, 4) is 0 Å². The largest absolute Gasteiger partial charge is 0.390 e. The Morgan fingerprint density at radius 2 is 1.91 bits per heavy atom. The summed E-state index contributed by atoms with van der Waals surface area (Å²) in [5, 5.41) is 19.1. The van der Waals surface area contributed by atoms with Gasteiger partial charge in [0.1, 0.15) is 17.9 Å². The van der Waals surface area contributed by atoms with Gasteiger partial charge in [0.25, 0.3) is 0 Å². The fraction of sp³-hybridized carbons (Fsp3) is 0.759. The number of benzene rings is 1. The molecule has 2 aromatic rings. The van der Waals surface area contributed by atoms with E-state index in [-0.39, 0.29) is 29.5 Å². The highest BCUT2D eigenvalue weighted by molar-refractivity contribution is 5.85. The first kappa shape index (κ1) is 22.4. The number of Topliss-reactive ketones (excluding diaryl/α,β-unsaturated/α-hetero) is 1. The van der Waals surface area contributed by atoms with E-state index in [0.717, 1.165) is 37.0 Å². The van der Waals surface area contributed by atoms with E-state index in [9.17, 15) is 14.3 Å². The van der Waals surface area contributed by atoms with Gasteiger partial charge in [0, 0.05) is 12.0 Å². The fourth-order valence-electron chi connectivity index (χ4n) is 10.4. The third-order valence-electron chi connectivity index (χ3n) is 11.7. The first-order chi connectivity index (χ1) is 16.7. The molecular formula is C29H38FN3O2. The second-order valence-corrected chi connectivity index (χ2v) is 13.5. The molecule has 1 aromatic carbocycles. The van der Waals surface area contributed by atoms with Crippen LogP contribution in [0.1, 0.15) is 65.7 Å². The predicted molar refractivity (Wildman–Crippen MR) is 131 cm³/mol. The monoisotopic (exact) mass is 479 g/mol. The smallest absolute Gasteiger partial charge is 0.158 e. The van der Waals surface area contributed by atoms with Crippen molar-refractivity contribution in [2.24, 2.45) is 58.7 Å². The molecule has 0 radical (unpaired) electrons. The molecule has 0 aliphatic heterocycles. The molecule has 188 valence electrons. The van der Waals surface area contributed by atoms with Crippen LogP contribution in [0.25, 0.3) is 11.0 Å². The minimum absolute atomic E-state index is 0.0642. The van der Waals surface area contributed by atoms with Gasteiger partial charge in [-0.25, -0.2) is 9.07 Å². The van der Waals surface area contributed by atoms with E-state index >= 15 is 0 Å². The predicted octanol–water partition coefficient (Wildman–Crippen LogP) is 5.26. The molecule has 1 aromatic heterocycles. The average Bonchev–Trinajstić information content (AvgIpc) is 3.13. The Morgan fingerprint density at radius 1 is 1.11 bits per heavy atom. The van der Waals surface area contributed by atoms with Crippen LogP contribution in [0.15, 0.2) is 18.2 Å². The summed E-state index contributed by atoms with van der Waals surface area (Å²) in [6.45, 7) is 7.01. The number of aromatic nitrogens is 3. The van der Waals surface area contributed by atoms with Crippen molar-refractivity contribution in [3.05, 3.63) is 24.0 Å². The Hall–Kier alpha value is -1.82. The maximum atomic E-state index is 13.9. The van der Waals surface area contributed by atoms with E-state index < -0.39 is 5.60 Å². The summed E-state index contributed by atoms with van der Waals surface area (Å²) in [5.74, 6) is 5.39. The highest BCUT2D eigenvalue weighted by atomic mass is 19.1. The van der Waals surface area contributed by atoms with E-state index in [1.807, 2.05) is 6.92 Å². The third-order valence-corrected chi connectivity index (χ3v) is 11.7. The summed E-state index contributed by atoms with van der Waals surface area (Å²) in [7, 11) is 0. The van der Waals surface area contributed by atoms with Gasteiger partial charge in [0.05, 0.1) is 11.1 Å². The zero-order valence-corrected chi connectivity index (χ0v) is 21.2. The van der Waals surface area contributed by atoms with Gasteiger partial charge in [-0.2, -0.15) is 0 Å².